The van der Waals surface area contributed by atoms with E-state index in [4.69, 9.17) is 9.25 Å². The van der Waals surface area contributed by atoms with Crippen molar-refractivity contribution in [2.24, 2.45) is 0 Å². The van der Waals surface area contributed by atoms with E-state index >= 15 is 0 Å². The molecule has 136 valence electrons. The van der Waals surface area contributed by atoms with Crippen LogP contribution in [0.15, 0.2) is 59.3 Å². The highest BCUT2D eigenvalue weighted by Gasteiger charge is 2.43. The van der Waals surface area contributed by atoms with E-state index in [-0.39, 0.29) is 13.2 Å². The summed E-state index contributed by atoms with van der Waals surface area (Å²) < 4.78 is 33.7. The van der Waals surface area contributed by atoms with Gasteiger partial charge in [0, 0.05) is 18.6 Å². The van der Waals surface area contributed by atoms with E-state index in [0.29, 0.717) is 5.76 Å². The average molecular weight is 373 g/mol. The zero-order chi connectivity index (χ0) is 18.1. The van der Waals surface area contributed by atoms with Crippen LogP contribution in [0.1, 0.15) is 17.4 Å². The van der Waals surface area contributed by atoms with Crippen LogP contribution in [0, 0.1) is 0 Å². The molecular formula is C18H19N3O4S. The van der Waals surface area contributed by atoms with E-state index in [0.717, 1.165) is 16.5 Å². The Labute approximate surface area is 151 Å². The lowest BCUT2D eigenvalue weighted by atomic mass is 10.00. The van der Waals surface area contributed by atoms with Gasteiger partial charge in [-0.25, -0.2) is 13.1 Å². The second-order valence-corrected chi connectivity index (χ2v) is 8.17. The van der Waals surface area contributed by atoms with Crippen molar-refractivity contribution in [3.05, 3.63) is 66.2 Å². The molecule has 2 aromatic heterocycles. The normalized spacial score (nSPS) is 21.4. The molecule has 0 saturated carbocycles. The summed E-state index contributed by atoms with van der Waals surface area (Å²) in [5, 5.41) is 1.79. The van der Waals surface area contributed by atoms with E-state index < -0.39 is 21.3 Å². The number of pyridine rings is 1. The number of rotatable bonds is 5. The maximum Gasteiger partial charge on any atom is 0.219 e. The highest BCUT2D eigenvalue weighted by atomic mass is 32.2. The van der Waals surface area contributed by atoms with Gasteiger partial charge in [0.1, 0.15) is 11.0 Å². The van der Waals surface area contributed by atoms with Crippen LogP contribution < -0.4 is 4.72 Å². The summed E-state index contributed by atoms with van der Waals surface area (Å²) in [6, 6.07) is 12.6. The van der Waals surface area contributed by atoms with Gasteiger partial charge in [0.25, 0.3) is 0 Å². The zero-order valence-corrected chi connectivity index (χ0v) is 15.0. The summed E-state index contributed by atoms with van der Waals surface area (Å²) >= 11 is 0. The van der Waals surface area contributed by atoms with Crippen LogP contribution in [0.4, 0.5) is 0 Å². The number of fused-ring (bicyclic) bond motifs is 1. The monoisotopic (exact) mass is 373 g/mol. The minimum absolute atomic E-state index is 0.0886. The number of hydrogen-bond acceptors (Lipinski definition) is 6. The number of hydroxylamine groups is 2. The van der Waals surface area contributed by atoms with Crippen LogP contribution in [0.25, 0.3) is 10.9 Å². The Morgan fingerprint density at radius 2 is 2.08 bits per heavy atom. The molecular weight excluding hydrogens is 354 g/mol. The molecule has 0 spiro atoms. The van der Waals surface area contributed by atoms with Crippen molar-refractivity contribution in [1.29, 1.82) is 0 Å². The number of nitrogens with zero attached hydrogens (tertiary/aromatic N) is 2. The molecule has 1 aromatic carbocycles. The number of hydrogen-bond donors (Lipinski definition) is 1. The van der Waals surface area contributed by atoms with E-state index in [9.17, 15) is 8.42 Å². The van der Waals surface area contributed by atoms with E-state index in [1.54, 1.807) is 30.4 Å². The van der Waals surface area contributed by atoms with Gasteiger partial charge in [-0.1, -0.05) is 18.2 Å². The number of nitrogens with one attached hydrogen (secondary N) is 1. The summed E-state index contributed by atoms with van der Waals surface area (Å²) in [4.78, 5) is 9.93. The molecule has 8 heteroatoms. The fourth-order valence-electron chi connectivity index (χ4n) is 3.32. The van der Waals surface area contributed by atoms with Gasteiger partial charge in [-0.3, -0.25) is 9.82 Å². The summed E-state index contributed by atoms with van der Waals surface area (Å²) in [7, 11) is -1.88. The summed E-state index contributed by atoms with van der Waals surface area (Å²) in [5.41, 5.74) is 1.70. The fourth-order valence-corrected chi connectivity index (χ4v) is 4.77. The quantitative estimate of drug-likeness (QED) is 0.738. The fraction of sp³-hybridized carbons (Fsp3) is 0.278. The van der Waals surface area contributed by atoms with E-state index in [1.165, 1.54) is 6.26 Å². The lowest BCUT2D eigenvalue weighted by Crippen LogP contribution is -2.39. The highest BCUT2D eigenvalue weighted by molar-refractivity contribution is 7.90. The molecule has 0 amide bonds. The van der Waals surface area contributed by atoms with Gasteiger partial charge in [-0.2, -0.15) is 5.06 Å². The minimum Gasteiger partial charge on any atom is -0.468 e. The summed E-state index contributed by atoms with van der Waals surface area (Å²) in [6.07, 6.45) is 3.21. The number of sulfonamides is 1. The van der Waals surface area contributed by atoms with Gasteiger partial charge in [0.05, 0.1) is 31.0 Å². The maximum atomic E-state index is 12.9. The van der Waals surface area contributed by atoms with E-state index in [1.807, 2.05) is 30.3 Å². The lowest BCUT2D eigenvalue weighted by molar-refractivity contribution is -0.110. The number of furan rings is 1. The Bertz CT molecular complexity index is 999. The molecule has 1 N–H and O–H groups in total. The Morgan fingerprint density at radius 1 is 1.23 bits per heavy atom. The van der Waals surface area contributed by atoms with Gasteiger partial charge in [0.2, 0.25) is 10.0 Å². The van der Waals surface area contributed by atoms with Crippen molar-refractivity contribution in [3.8, 4) is 0 Å². The smallest absolute Gasteiger partial charge is 0.219 e. The summed E-state index contributed by atoms with van der Waals surface area (Å²) in [6.45, 7) is 0.199. The molecule has 3 aromatic rings. The lowest BCUT2D eigenvalue weighted by Gasteiger charge is -2.24. The maximum absolute atomic E-state index is 12.9. The molecule has 0 unspecified atom stereocenters. The standard InChI is InChI=1S/C18H19N3O4S/c1-21-18(15-8-9-19-16-7-3-2-6-14(15)16)17(12-25-21)26(22,23)20-11-13-5-4-10-24-13/h2-10,17-18,20H,11-12H2,1H3/t17-,18-/m1/s1. The van der Waals surface area contributed by atoms with Crippen LogP contribution >= 0.6 is 0 Å². The Morgan fingerprint density at radius 3 is 2.88 bits per heavy atom. The minimum atomic E-state index is -3.63. The topological polar surface area (TPSA) is 84.7 Å². The van der Waals surface area contributed by atoms with Crippen LogP contribution in [0.5, 0.6) is 0 Å². The molecule has 2 atom stereocenters. The Kier molecular flexibility index (Phi) is 4.49. The highest BCUT2D eigenvalue weighted by Crippen LogP contribution is 2.36. The molecule has 1 fully saturated rings. The third-order valence-electron chi connectivity index (χ3n) is 4.61. The first-order valence-corrected chi connectivity index (χ1v) is 9.81. The molecule has 1 aliphatic heterocycles. The molecule has 3 heterocycles. The van der Waals surface area contributed by atoms with Crippen molar-refractivity contribution >= 4 is 20.9 Å². The van der Waals surface area contributed by atoms with Gasteiger partial charge in [-0.05, 0) is 29.8 Å². The average Bonchev–Trinajstić information content (AvgIpc) is 3.29. The first-order chi connectivity index (χ1) is 12.6. The van der Waals surface area contributed by atoms with Crippen LogP contribution in [0.3, 0.4) is 0 Å². The van der Waals surface area contributed by atoms with Crippen molar-refractivity contribution < 1.29 is 17.7 Å². The first kappa shape index (κ1) is 17.2. The van der Waals surface area contributed by atoms with Gasteiger partial charge in [-0.15, -0.1) is 0 Å². The Balaban J connectivity index is 1.67. The SMILES string of the molecule is CN1OC[C@@H](S(=O)(=O)NCc2ccco2)[C@H]1c1ccnc2ccccc12. The predicted octanol–water partition coefficient (Wildman–Crippen LogP) is 2.23. The molecule has 0 bridgehead atoms. The molecule has 26 heavy (non-hydrogen) atoms. The van der Waals surface area contributed by atoms with Crippen molar-refractivity contribution in [2.75, 3.05) is 13.7 Å². The van der Waals surface area contributed by atoms with Crippen molar-refractivity contribution in [3.63, 3.8) is 0 Å². The second-order valence-electron chi connectivity index (χ2n) is 6.19. The van der Waals surface area contributed by atoms with Crippen LogP contribution in [0.2, 0.25) is 0 Å². The van der Waals surface area contributed by atoms with E-state index in [2.05, 4.69) is 9.71 Å². The van der Waals surface area contributed by atoms with Crippen LogP contribution in [-0.2, 0) is 21.4 Å². The van der Waals surface area contributed by atoms with Crippen molar-refractivity contribution in [1.82, 2.24) is 14.8 Å². The van der Waals surface area contributed by atoms with Gasteiger partial charge in [0.15, 0.2) is 0 Å². The van der Waals surface area contributed by atoms with Crippen LogP contribution in [-0.4, -0.2) is 37.4 Å². The first-order valence-electron chi connectivity index (χ1n) is 8.26. The molecule has 0 aliphatic carbocycles. The largest absolute Gasteiger partial charge is 0.468 e. The third kappa shape index (κ3) is 3.12. The van der Waals surface area contributed by atoms with Gasteiger partial charge >= 0.3 is 0 Å². The van der Waals surface area contributed by atoms with Gasteiger partial charge < -0.3 is 4.42 Å². The molecule has 1 aliphatic rings. The molecule has 7 nitrogen and oxygen atoms in total. The molecule has 1 saturated heterocycles. The Hall–Kier alpha value is -2.26. The molecule has 4 rings (SSSR count). The number of para-hydroxylation sites is 1. The third-order valence-corrected chi connectivity index (χ3v) is 6.35. The van der Waals surface area contributed by atoms with Crippen molar-refractivity contribution in [2.45, 2.75) is 17.8 Å². The second kappa shape index (κ2) is 6.81. The summed E-state index contributed by atoms with van der Waals surface area (Å²) in [5.74, 6) is 0.562. The number of aromatic nitrogens is 1. The zero-order valence-electron chi connectivity index (χ0n) is 14.2. The molecule has 0 radical (unpaired) electrons. The predicted molar refractivity (Wildman–Crippen MR) is 96.5 cm³/mol. The number of benzene rings is 1.